The standard InChI is InChI=1S/C29H42N2O7S/c1-5-29(16-9-17-38-29)21-37-28(33)30-26(18-23-10-7-6-8-11-23)27(32)20-31(19-22(2)3)39(34,35)25-14-12-24(36-4)13-15-25/h6-8,10-15,22,26-27,32H,5,9,16-21H2,1-4H3,(H,30,33)/t26-,27+,29?/m0/s1. The van der Waals surface area contributed by atoms with Gasteiger partial charge in [0, 0.05) is 19.7 Å². The number of rotatable bonds is 14. The Morgan fingerprint density at radius 3 is 2.38 bits per heavy atom. The van der Waals surface area contributed by atoms with Gasteiger partial charge in [0.15, 0.2) is 0 Å². The van der Waals surface area contributed by atoms with Crippen LogP contribution < -0.4 is 10.1 Å². The smallest absolute Gasteiger partial charge is 0.407 e. The van der Waals surface area contributed by atoms with Crippen LogP contribution in [0.2, 0.25) is 0 Å². The summed E-state index contributed by atoms with van der Waals surface area (Å²) in [4.78, 5) is 13.0. The normalized spacial score (nSPS) is 19.2. The fourth-order valence-corrected chi connectivity index (χ4v) is 6.32. The van der Waals surface area contributed by atoms with Crippen LogP contribution in [0.25, 0.3) is 0 Å². The number of benzene rings is 2. The summed E-state index contributed by atoms with van der Waals surface area (Å²) in [5.41, 5.74) is 0.408. The summed E-state index contributed by atoms with van der Waals surface area (Å²) in [6.45, 7) is 6.58. The van der Waals surface area contributed by atoms with E-state index in [1.165, 1.54) is 23.5 Å². The van der Waals surface area contributed by atoms with Gasteiger partial charge in [-0.1, -0.05) is 51.1 Å². The van der Waals surface area contributed by atoms with E-state index in [0.717, 1.165) is 24.8 Å². The maximum absolute atomic E-state index is 13.6. The van der Waals surface area contributed by atoms with Crippen LogP contribution in [0.3, 0.4) is 0 Å². The minimum absolute atomic E-state index is 0.00682. The first-order valence-electron chi connectivity index (χ1n) is 13.5. The first-order valence-corrected chi connectivity index (χ1v) is 15.0. The predicted octanol–water partition coefficient (Wildman–Crippen LogP) is 4.00. The highest BCUT2D eigenvalue weighted by atomic mass is 32.2. The van der Waals surface area contributed by atoms with Crippen LogP contribution in [-0.2, 0) is 25.9 Å². The van der Waals surface area contributed by atoms with E-state index in [9.17, 15) is 18.3 Å². The van der Waals surface area contributed by atoms with Crippen molar-refractivity contribution in [1.82, 2.24) is 9.62 Å². The van der Waals surface area contributed by atoms with E-state index < -0.39 is 33.9 Å². The fourth-order valence-electron chi connectivity index (χ4n) is 4.70. The molecule has 216 valence electrons. The van der Waals surface area contributed by atoms with Gasteiger partial charge < -0.3 is 24.6 Å². The Morgan fingerprint density at radius 2 is 1.82 bits per heavy atom. The molecule has 1 fully saturated rings. The number of hydrogen-bond acceptors (Lipinski definition) is 7. The first-order chi connectivity index (χ1) is 18.6. The molecule has 1 unspecified atom stereocenters. The summed E-state index contributed by atoms with van der Waals surface area (Å²) in [5.74, 6) is 0.551. The number of carbonyl (C=O) groups is 1. The van der Waals surface area contributed by atoms with Gasteiger partial charge in [0.2, 0.25) is 10.0 Å². The van der Waals surface area contributed by atoms with Crippen LogP contribution in [-0.4, -0.2) is 75.1 Å². The second-order valence-corrected chi connectivity index (χ2v) is 12.4. The van der Waals surface area contributed by atoms with Gasteiger partial charge in [-0.25, -0.2) is 13.2 Å². The number of amides is 1. The topological polar surface area (TPSA) is 114 Å². The highest BCUT2D eigenvalue weighted by molar-refractivity contribution is 7.89. The summed E-state index contributed by atoms with van der Waals surface area (Å²) >= 11 is 0. The largest absolute Gasteiger partial charge is 0.497 e. The Balaban J connectivity index is 1.78. The van der Waals surface area contributed by atoms with E-state index in [0.29, 0.717) is 18.8 Å². The first kappa shape index (κ1) is 30.9. The number of ether oxygens (including phenoxy) is 3. The molecule has 0 saturated carbocycles. The lowest BCUT2D eigenvalue weighted by Crippen LogP contribution is -2.51. The summed E-state index contributed by atoms with van der Waals surface area (Å²) in [5, 5.41) is 14.1. The van der Waals surface area contributed by atoms with E-state index in [2.05, 4.69) is 5.32 Å². The van der Waals surface area contributed by atoms with Crippen molar-refractivity contribution in [2.45, 2.75) is 69.1 Å². The molecule has 1 aliphatic rings. The van der Waals surface area contributed by atoms with E-state index in [4.69, 9.17) is 14.2 Å². The van der Waals surface area contributed by atoms with Crippen molar-refractivity contribution in [2.24, 2.45) is 5.92 Å². The van der Waals surface area contributed by atoms with Gasteiger partial charge in [-0.05, 0) is 61.4 Å². The fraction of sp³-hybridized carbons (Fsp3) is 0.552. The third kappa shape index (κ3) is 8.66. The lowest BCUT2D eigenvalue weighted by Gasteiger charge is -2.31. The Labute approximate surface area is 232 Å². The van der Waals surface area contributed by atoms with Gasteiger partial charge in [0.1, 0.15) is 18.0 Å². The molecule has 2 aromatic rings. The average molecular weight is 563 g/mol. The van der Waals surface area contributed by atoms with E-state index in [1.54, 1.807) is 12.1 Å². The maximum atomic E-state index is 13.6. The number of sulfonamides is 1. The van der Waals surface area contributed by atoms with Crippen LogP contribution in [0.1, 0.15) is 45.6 Å². The van der Waals surface area contributed by atoms with Crippen molar-refractivity contribution in [2.75, 3.05) is 33.4 Å². The van der Waals surface area contributed by atoms with Gasteiger partial charge in [-0.15, -0.1) is 0 Å². The van der Waals surface area contributed by atoms with Crippen molar-refractivity contribution in [3.63, 3.8) is 0 Å². The maximum Gasteiger partial charge on any atom is 0.407 e. The summed E-state index contributed by atoms with van der Waals surface area (Å²) in [6.07, 6.45) is 0.885. The van der Waals surface area contributed by atoms with E-state index in [1.807, 2.05) is 51.1 Å². The molecule has 3 rings (SSSR count). The van der Waals surface area contributed by atoms with Crippen molar-refractivity contribution >= 4 is 16.1 Å². The third-order valence-electron chi connectivity index (χ3n) is 7.02. The third-order valence-corrected chi connectivity index (χ3v) is 8.86. The highest BCUT2D eigenvalue weighted by Gasteiger charge is 2.36. The van der Waals surface area contributed by atoms with Gasteiger partial charge >= 0.3 is 6.09 Å². The quantitative estimate of drug-likeness (QED) is 0.358. The second-order valence-electron chi connectivity index (χ2n) is 10.5. The molecule has 2 N–H and O–H groups in total. The molecule has 1 heterocycles. The van der Waals surface area contributed by atoms with Gasteiger partial charge in [-0.3, -0.25) is 0 Å². The summed E-state index contributed by atoms with van der Waals surface area (Å²) < 4.78 is 44.9. The lowest BCUT2D eigenvalue weighted by molar-refractivity contribution is -0.0463. The van der Waals surface area contributed by atoms with Crippen molar-refractivity contribution in [3.8, 4) is 5.75 Å². The number of aliphatic hydroxyl groups is 1. The second kappa shape index (κ2) is 14.1. The molecule has 1 aliphatic heterocycles. The van der Waals surface area contributed by atoms with Gasteiger partial charge in [0.05, 0.1) is 24.2 Å². The number of methoxy groups -OCH3 is 1. The van der Waals surface area contributed by atoms with Crippen molar-refractivity contribution in [3.05, 3.63) is 60.2 Å². The van der Waals surface area contributed by atoms with Crippen molar-refractivity contribution in [1.29, 1.82) is 0 Å². The molecule has 0 bridgehead atoms. The lowest BCUT2D eigenvalue weighted by atomic mass is 9.98. The number of carbonyl (C=O) groups excluding carboxylic acids is 1. The molecule has 3 atom stereocenters. The molecule has 0 aromatic heterocycles. The monoisotopic (exact) mass is 562 g/mol. The van der Waals surface area contributed by atoms with E-state index in [-0.39, 0.29) is 30.5 Å². The zero-order valence-electron chi connectivity index (χ0n) is 23.3. The van der Waals surface area contributed by atoms with Crippen LogP contribution in [0.15, 0.2) is 59.5 Å². The molecule has 0 aliphatic carbocycles. The van der Waals surface area contributed by atoms with Crippen molar-refractivity contribution < 1.29 is 32.5 Å². The summed E-state index contributed by atoms with van der Waals surface area (Å²) in [7, 11) is -2.41. The number of alkyl carbamates (subject to hydrolysis) is 1. The SMILES string of the molecule is CCC1(COC(=O)N[C@@H](Cc2ccccc2)[C@H](O)CN(CC(C)C)S(=O)(=O)c2ccc(OC)cc2)CCCO1. The van der Waals surface area contributed by atoms with Crippen LogP contribution in [0, 0.1) is 5.92 Å². The number of hydrogen-bond donors (Lipinski definition) is 2. The zero-order chi connectivity index (χ0) is 28.5. The number of nitrogens with zero attached hydrogens (tertiary/aromatic N) is 1. The van der Waals surface area contributed by atoms with Gasteiger partial charge in [-0.2, -0.15) is 4.31 Å². The molecule has 0 spiro atoms. The molecular formula is C29H42N2O7S. The number of nitrogens with one attached hydrogen (secondary N) is 1. The Kier molecular flexibility index (Phi) is 11.2. The zero-order valence-corrected chi connectivity index (χ0v) is 24.2. The molecule has 39 heavy (non-hydrogen) atoms. The summed E-state index contributed by atoms with van der Waals surface area (Å²) in [6, 6.07) is 14.8. The Morgan fingerprint density at radius 1 is 1.13 bits per heavy atom. The molecule has 10 heteroatoms. The molecule has 1 saturated heterocycles. The van der Waals surface area contributed by atoms with Gasteiger partial charge in [0.25, 0.3) is 0 Å². The molecule has 1 amide bonds. The van der Waals surface area contributed by atoms with Crippen LogP contribution >= 0.6 is 0 Å². The Bertz CT molecular complexity index is 1130. The van der Waals surface area contributed by atoms with Crippen LogP contribution in [0.5, 0.6) is 5.75 Å². The molecule has 2 aromatic carbocycles. The highest BCUT2D eigenvalue weighted by Crippen LogP contribution is 2.29. The molecule has 0 radical (unpaired) electrons. The molecule has 9 nitrogen and oxygen atoms in total. The number of aliphatic hydroxyl groups excluding tert-OH is 1. The minimum atomic E-state index is -3.93. The predicted molar refractivity (Wildman–Crippen MR) is 149 cm³/mol. The van der Waals surface area contributed by atoms with E-state index >= 15 is 0 Å². The average Bonchev–Trinajstić information content (AvgIpc) is 3.41. The Hall–Kier alpha value is -2.66. The van der Waals surface area contributed by atoms with Crippen LogP contribution in [0.4, 0.5) is 4.79 Å². The molecular weight excluding hydrogens is 520 g/mol. The minimum Gasteiger partial charge on any atom is -0.497 e.